The summed E-state index contributed by atoms with van der Waals surface area (Å²) in [6.45, 7) is 3.74. The third kappa shape index (κ3) is 5.09. The molecule has 3 heterocycles. The van der Waals surface area contributed by atoms with Gasteiger partial charge >= 0.3 is 0 Å². The number of anilines is 2. The number of amides is 1. The van der Waals surface area contributed by atoms with Crippen molar-refractivity contribution in [1.82, 2.24) is 24.8 Å². The molecule has 2 N–H and O–H groups in total. The Morgan fingerprint density at radius 3 is 2.46 bits per heavy atom. The summed E-state index contributed by atoms with van der Waals surface area (Å²) in [6.07, 6.45) is 9.80. The minimum atomic E-state index is -0.512. The van der Waals surface area contributed by atoms with Gasteiger partial charge in [-0.05, 0) is 62.3 Å². The normalized spacial score (nSPS) is 22.7. The predicted octanol–water partition coefficient (Wildman–Crippen LogP) is 4.15. The van der Waals surface area contributed by atoms with Gasteiger partial charge in [0, 0.05) is 68.4 Å². The molecule has 0 unspecified atom stereocenters. The number of nitrogens with one attached hydrogen (secondary N) is 2. The van der Waals surface area contributed by atoms with Gasteiger partial charge in [0.2, 0.25) is 11.9 Å². The first kappa shape index (κ1) is 24.0. The molecule has 2 aliphatic carbocycles. The van der Waals surface area contributed by atoms with Gasteiger partial charge in [-0.2, -0.15) is 4.39 Å². The van der Waals surface area contributed by atoms with Crippen LogP contribution in [0.15, 0.2) is 36.8 Å². The zero-order valence-electron chi connectivity index (χ0n) is 21.3. The highest BCUT2D eigenvalue weighted by Gasteiger charge is 2.36. The van der Waals surface area contributed by atoms with Crippen LogP contribution in [-0.4, -0.2) is 76.0 Å². The van der Waals surface area contributed by atoms with E-state index in [1.807, 2.05) is 12.1 Å². The summed E-state index contributed by atoms with van der Waals surface area (Å²) in [4.78, 5) is 30.0. The minimum Gasteiger partial charge on any atom is -0.384 e. The topological polar surface area (TPSA) is 86.3 Å². The Kier molecular flexibility index (Phi) is 6.63. The van der Waals surface area contributed by atoms with E-state index >= 15 is 0 Å². The molecular formula is C28H34FN7O. The molecule has 3 aliphatic rings. The molecule has 1 saturated heterocycles. The van der Waals surface area contributed by atoms with Gasteiger partial charge in [0.05, 0.1) is 11.2 Å². The molecule has 0 atom stereocenters. The average molecular weight is 504 g/mol. The Balaban J connectivity index is 1.10. The van der Waals surface area contributed by atoms with Gasteiger partial charge in [-0.25, -0.2) is 15.0 Å². The van der Waals surface area contributed by atoms with Crippen LogP contribution < -0.4 is 10.6 Å². The van der Waals surface area contributed by atoms with Crippen molar-refractivity contribution in [2.45, 2.75) is 50.6 Å². The monoisotopic (exact) mass is 503 g/mol. The molecule has 2 saturated carbocycles. The number of carbonyl (C=O) groups excluding carboxylic acids is 1. The van der Waals surface area contributed by atoms with Crippen LogP contribution >= 0.6 is 0 Å². The SMILES string of the molecule is CNc1cc(-c2ccc3ncnc(N[C@H]4CC[C@H](N5CCN(C(=O)C6CC6)CC5)CC4)c3c2)cnc1F. The first-order valence-electron chi connectivity index (χ1n) is 13.5. The van der Waals surface area contributed by atoms with Crippen molar-refractivity contribution < 1.29 is 9.18 Å². The molecule has 1 aliphatic heterocycles. The van der Waals surface area contributed by atoms with Crippen molar-refractivity contribution in [3.63, 3.8) is 0 Å². The summed E-state index contributed by atoms with van der Waals surface area (Å²) in [5.74, 6) is 1.03. The smallest absolute Gasteiger partial charge is 0.236 e. The van der Waals surface area contributed by atoms with Crippen LogP contribution in [0.1, 0.15) is 38.5 Å². The highest BCUT2D eigenvalue weighted by Crippen LogP contribution is 2.33. The lowest BCUT2D eigenvalue weighted by atomic mass is 9.89. The summed E-state index contributed by atoms with van der Waals surface area (Å²) in [6, 6.07) is 8.74. The molecule has 2 aromatic heterocycles. The standard InChI is InChI=1S/C28H34FN7O/c1-30-25-15-20(16-31-26(25)29)19-4-9-24-23(14-19)27(33-17-32-24)34-21-5-7-22(8-6-21)35-10-12-36(13-11-35)28(37)18-2-3-18/h4,9,14-18,21-22,30H,2-3,5-8,10-13H2,1H3,(H,32,33,34)/t21-,22-. The van der Waals surface area contributed by atoms with E-state index in [0.717, 1.165) is 92.6 Å². The fourth-order valence-electron chi connectivity index (χ4n) is 5.81. The fraction of sp³-hybridized carbons (Fsp3) is 0.500. The van der Waals surface area contributed by atoms with Crippen molar-refractivity contribution in [3.8, 4) is 11.1 Å². The molecule has 9 heteroatoms. The number of fused-ring (bicyclic) bond motifs is 1. The number of nitrogens with zero attached hydrogens (tertiary/aromatic N) is 5. The van der Waals surface area contributed by atoms with Crippen LogP contribution in [0, 0.1) is 11.9 Å². The number of hydrogen-bond acceptors (Lipinski definition) is 7. The van der Waals surface area contributed by atoms with Crippen LogP contribution in [0.4, 0.5) is 15.9 Å². The molecule has 0 bridgehead atoms. The number of pyridine rings is 1. The first-order valence-corrected chi connectivity index (χ1v) is 13.5. The second kappa shape index (κ2) is 10.2. The number of rotatable bonds is 6. The lowest BCUT2D eigenvalue weighted by Crippen LogP contribution is -2.53. The van der Waals surface area contributed by atoms with Gasteiger partial charge in [0.25, 0.3) is 0 Å². The molecule has 194 valence electrons. The van der Waals surface area contributed by atoms with E-state index < -0.39 is 5.95 Å². The summed E-state index contributed by atoms with van der Waals surface area (Å²) >= 11 is 0. The molecule has 3 aromatic rings. The lowest BCUT2D eigenvalue weighted by Gasteiger charge is -2.42. The van der Waals surface area contributed by atoms with Crippen LogP contribution in [0.5, 0.6) is 0 Å². The highest BCUT2D eigenvalue weighted by molar-refractivity contribution is 5.92. The molecule has 8 nitrogen and oxygen atoms in total. The van der Waals surface area contributed by atoms with E-state index in [0.29, 0.717) is 29.6 Å². The largest absolute Gasteiger partial charge is 0.384 e. The van der Waals surface area contributed by atoms with E-state index in [-0.39, 0.29) is 0 Å². The maximum atomic E-state index is 13.9. The molecule has 37 heavy (non-hydrogen) atoms. The van der Waals surface area contributed by atoms with Gasteiger partial charge in [0.1, 0.15) is 12.1 Å². The Bertz CT molecular complexity index is 1280. The lowest BCUT2D eigenvalue weighted by molar-refractivity contribution is -0.134. The number of aromatic nitrogens is 3. The van der Waals surface area contributed by atoms with E-state index in [1.54, 1.807) is 25.6 Å². The third-order valence-corrected chi connectivity index (χ3v) is 8.18. The summed E-state index contributed by atoms with van der Waals surface area (Å²) in [5.41, 5.74) is 3.02. The highest BCUT2D eigenvalue weighted by atomic mass is 19.1. The van der Waals surface area contributed by atoms with Crippen molar-refractivity contribution in [3.05, 3.63) is 42.7 Å². The number of piperazine rings is 1. The van der Waals surface area contributed by atoms with E-state index in [1.165, 1.54) is 0 Å². The Morgan fingerprint density at radius 1 is 0.946 bits per heavy atom. The maximum absolute atomic E-state index is 13.9. The summed E-state index contributed by atoms with van der Waals surface area (Å²) in [5, 5.41) is 7.50. The molecule has 6 rings (SSSR count). The zero-order valence-corrected chi connectivity index (χ0v) is 21.3. The van der Waals surface area contributed by atoms with Crippen molar-refractivity contribution >= 4 is 28.3 Å². The summed E-state index contributed by atoms with van der Waals surface area (Å²) < 4.78 is 13.9. The summed E-state index contributed by atoms with van der Waals surface area (Å²) in [7, 11) is 1.69. The van der Waals surface area contributed by atoms with Gasteiger partial charge in [0.15, 0.2) is 0 Å². The van der Waals surface area contributed by atoms with Crippen LogP contribution in [-0.2, 0) is 4.79 Å². The molecular weight excluding hydrogens is 469 g/mol. The van der Waals surface area contributed by atoms with E-state index in [9.17, 15) is 9.18 Å². The van der Waals surface area contributed by atoms with Crippen molar-refractivity contribution in [1.29, 1.82) is 0 Å². The Labute approximate surface area is 216 Å². The van der Waals surface area contributed by atoms with E-state index in [2.05, 4.69) is 41.5 Å². The fourth-order valence-corrected chi connectivity index (χ4v) is 5.81. The number of carbonyl (C=O) groups is 1. The molecule has 1 aromatic carbocycles. The van der Waals surface area contributed by atoms with E-state index in [4.69, 9.17) is 0 Å². The second-order valence-corrected chi connectivity index (χ2v) is 10.6. The quantitative estimate of drug-likeness (QED) is 0.489. The minimum absolute atomic E-state index is 0.320. The van der Waals surface area contributed by atoms with Crippen molar-refractivity contribution in [2.75, 3.05) is 43.9 Å². The van der Waals surface area contributed by atoms with Gasteiger partial charge in [-0.15, -0.1) is 0 Å². The van der Waals surface area contributed by atoms with Crippen LogP contribution in [0.3, 0.4) is 0 Å². The molecule has 0 radical (unpaired) electrons. The Morgan fingerprint density at radius 2 is 1.73 bits per heavy atom. The molecule has 1 amide bonds. The Hall–Kier alpha value is -3.33. The average Bonchev–Trinajstić information content (AvgIpc) is 3.79. The van der Waals surface area contributed by atoms with Crippen LogP contribution in [0.25, 0.3) is 22.0 Å². The zero-order chi connectivity index (χ0) is 25.4. The van der Waals surface area contributed by atoms with Crippen LogP contribution in [0.2, 0.25) is 0 Å². The van der Waals surface area contributed by atoms with Crippen molar-refractivity contribution in [2.24, 2.45) is 5.92 Å². The predicted molar refractivity (Wildman–Crippen MR) is 143 cm³/mol. The third-order valence-electron chi connectivity index (χ3n) is 8.18. The number of halogens is 1. The van der Waals surface area contributed by atoms with Gasteiger partial charge < -0.3 is 15.5 Å². The second-order valence-electron chi connectivity index (χ2n) is 10.6. The number of hydrogen-bond donors (Lipinski definition) is 2. The maximum Gasteiger partial charge on any atom is 0.236 e. The number of benzene rings is 1. The van der Waals surface area contributed by atoms with Gasteiger partial charge in [-0.3, -0.25) is 9.69 Å². The van der Waals surface area contributed by atoms with Gasteiger partial charge in [-0.1, -0.05) is 6.07 Å². The molecule has 0 spiro atoms. The molecule has 3 fully saturated rings. The first-order chi connectivity index (χ1) is 18.1.